The van der Waals surface area contributed by atoms with E-state index >= 15 is 0 Å². The molecule has 0 spiro atoms. The lowest BCUT2D eigenvalue weighted by Crippen LogP contribution is -2.24. The third-order valence-corrected chi connectivity index (χ3v) is 3.55. The molecule has 0 unspecified atom stereocenters. The van der Waals surface area contributed by atoms with Gasteiger partial charge in [-0.15, -0.1) is 11.3 Å². The minimum Gasteiger partial charge on any atom is -0.456 e. The van der Waals surface area contributed by atoms with Crippen molar-refractivity contribution in [3.8, 4) is 0 Å². The molecule has 2 rings (SSSR count). The van der Waals surface area contributed by atoms with Crippen LogP contribution in [-0.4, -0.2) is 22.8 Å². The van der Waals surface area contributed by atoms with Crippen LogP contribution in [0.5, 0.6) is 0 Å². The Morgan fingerprint density at radius 2 is 1.96 bits per heavy atom. The van der Waals surface area contributed by atoms with Crippen LogP contribution in [0, 0.1) is 18.6 Å². The smallest absolute Gasteiger partial charge is 0.338 e. The van der Waals surface area contributed by atoms with Gasteiger partial charge in [0.2, 0.25) is 5.13 Å². The number of hydrogen-bond acceptors (Lipinski definition) is 6. The Kier molecular flexibility index (Phi) is 5.28. The third-order valence-electron chi connectivity index (χ3n) is 2.69. The summed E-state index contributed by atoms with van der Waals surface area (Å²) in [6, 6.07) is 1.85. The van der Waals surface area contributed by atoms with E-state index in [1.165, 1.54) is 11.3 Å². The molecule has 0 atom stereocenters. The molecule has 1 aromatic heterocycles. The average molecular weight is 353 g/mol. The summed E-state index contributed by atoms with van der Waals surface area (Å²) < 4.78 is 33.2. The van der Waals surface area contributed by atoms with Gasteiger partial charge in [-0.25, -0.2) is 18.6 Å². The summed E-state index contributed by atoms with van der Waals surface area (Å²) in [4.78, 5) is 16.0. The van der Waals surface area contributed by atoms with Gasteiger partial charge >= 0.3 is 5.97 Å². The zero-order valence-electron chi connectivity index (χ0n) is 13.7. The van der Waals surface area contributed by atoms with E-state index < -0.39 is 23.2 Å². The molecule has 2 aromatic rings. The highest BCUT2D eigenvalue weighted by molar-refractivity contribution is 7.13. The van der Waals surface area contributed by atoms with Gasteiger partial charge in [0.25, 0.3) is 0 Å². The molecular weight excluding hydrogens is 336 g/mol. The van der Waals surface area contributed by atoms with E-state index in [1.807, 2.05) is 12.3 Å². The molecule has 0 aliphatic rings. The number of halogens is 2. The van der Waals surface area contributed by atoms with Gasteiger partial charge in [0, 0.05) is 5.38 Å². The fraction of sp³-hybridized carbons (Fsp3) is 0.312. The molecule has 5 nitrogen and oxygen atoms in total. The van der Waals surface area contributed by atoms with Crippen LogP contribution in [0.2, 0.25) is 0 Å². The molecule has 0 aliphatic carbocycles. The number of nitrogens with one attached hydrogen (secondary N) is 1. The number of carbonyl (C=O) groups is 1. The number of rotatable bonds is 4. The maximum Gasteiger partial charge on any atom is 0.338 e. The van der Waals surface area contributed by atoms with Crippen LogP contribution in [0.25, 0.3) is 0 Å². The summed E-state index contributed by atoms with van der Waals surface area (Å²) in [7, 11) is 0. The van der Waals surface area contributed by atoms with Crippen molar-refractivity contribution < 1.29 is 18.3 Å². The second-order valence-corrected chi connectivity index (χ2v) is 6.88. The van der Waals surface area contributed by atoms with Gasteiger partial charge < -0.3 is 4.74 Å². The highest BCUT2D eigenvalue weighted by atomic mass is 32.1. The number of nitrogens with zero attached hydrogens (tertiary/aromatic N) is 2. The number of carbonyl (C=O) groups excluding carboxylic acids is 1. The maximum absolute atomic E-state index is 14.1. The fourth-order valence-corrected chi connectivity index (χ4v) is 2.36. The Labute approximate surface area is 142 Å². The lowest BCUT2D eigenvalue weighted by atomic mass is 10.1. The van der Waals surface area contributed by atoms with Gasteiger partial charge in [-0.3, -0.25) is 5.43 Å². The van der Waals surface area contributed by atoms with Crippen LogP contribution in [0.4, 0.5) is 13.9 Å². The minimum absolute atomic E-state index is 0.194. The highest BCUT2D eigenvalue weighted by Gasteiger charge is 2.20. The molecule has 1 N–H and O–H groups in total. The lowest BCUT2D eigenvalue weighted by molar-refractivity contribution is 0.00684. The van der Waals surface area contributed by atoms with Gasteiger partial charge in [-0.05, 0) is 39.8 Å². The zero-order chi connectivity index (χ0) is 17.9. The second-order valence-electron chi connectivity index (χ2n) is 6.02. The van der Waals surface area contributed by atoms with Crippen molar-refractivity contribution in [2.24, 2.45) is 5.10 Å². The number of ether oxygens (including phenoxy) is 1. The monoisotopic (exact) mass is 353 g/mol. The van der Waals surface area contributed by atoms with E-state index in [-0.39, 0.29) is 11.1 Å². The third kappa shape index (κ3) is 4.82. The van der Waals surface area contributed by atoms with Crippen LogP contribution in [0.1, 0.15) is 42.4 Å². The number of benzene rings is 1. The Balaban J connectivity index is 2.16. The largest absolute Gasteiger partial charge is 0.456 e. The van der Waals surface area contributed by atoms with Crippen molar-refractivity contribution in [2.75, 3.05) is 5.43 Å². The number of hydrazone groups is 1. The van der Waals surface area contributed by atoms with E-state index in [1.54, 1.807) is 20.8 Å². The number of esters is 1. The summed E-state index contributed by atoms with van der Waals surface area (Å²) in [6.45, 7) is 6.83. The molecule has 1 aromatic carbocycles. The van der Waals surface area contributed by atoms with E-state index in [0.29, 0.717) is 5.13 Å². The van der Waals surface area contributed by atoms with Crippen molar-refractivity contribution in [1.82, 2.24) is 4.98 Å². The molecule has 0 saturated carbocycles. The van der Waals surface area contributed by atoms with Crippen molar-refractivity contribution in [3.63, 3.8) is 0 Å². The van der Waals surface area contributed by atoms with Gasteiger partial charge in [-0.1, -0.05) is 0 Å². The number of aromatic nitrogens is 1. The molecule has 0 saturated heterocycles. The number of anilines is 1. The predicted octanol–water partition coefficient (Wildman–Crippen LogP) is 4.13. The SMILES string of the molecule is Cc1csc(NN=Cc2c(F)cc(C(=O)OC(C)(C)C)cc2F)n1. The van der Waals surface area contributed by atoms with E-state index in [2.05, 4.69) is 15.5 Å². The Bertz CT molecular complexity index is 759. The number of hydrogen-bond donors (Lipinski definition) is 1. The Morgan fingerprint density at radius 3 is 2.46 bits per heavy atom. The second kappa shape index (κ2) is 7.04. The lowest BCUT2D eigenvalue weighted by Gasteiger charge is -2.19. The molecule has 128 valence electrons. The molecule has 8 heteroatoms. The number of aryl methyl sites for hydroxylation is 1. The minimum atomic E-state index is -0.906. The van der Waals surface area contributed by atoms with Crippen LogP contribution in [-0.2, 0) is 4.74 Å². The standard InChI is InChI=1S/C16H17F2N3O2S/c1-9-8-24-15(20-9)21-19-7-11-12(17)5-10(6-13(11)18)14(22)23-16(2,3)4/h5-8H,1-4H3,(H,20,21). The first kappa shape index (κ1) is 18.0. The highest BCUT2D eigenvalue weighted by Crippen LogP contribution is 2.18. The van der Waals surface area contributed by atoms with Crippen LogP contribution < -0.4 is 5.43 Å². The van der Waals surface area contributed by atoms with Gasteiger partial charge in [0.15, 0.2) is 0 Å². The normalized spacial score (nSPS) is 11.8. The summed E-state index contributed by atoms with van der Waals surface area (Å²) in [5.41, 5.74) is 2.10. The summed E-state index contributed by atoms with van der Waals surface area (Å²) in [6.07, 6.45) is 1.00. The van der Waals surface area contributed by atoms with Crippen molar-refractivity contribution >= 4 is 28.7 Å². The first-order valence-electron chi connectivity index (χ1n) is 7.09. The van der Waals surface area contributed by atoms with Crippen molar-refractivity contribution in [1.29, 1.82) is 0 Å². The van der Waals surface area contributed by atoms with Gasteiger partial charge in [0.1, 0.15) is 17.2 Å². The quantitative estimate of drug-likeness (QED) is 0.510. The zero-order valence-corrected chi connectivity index (χ0v) is 14.5. The molecule has 0 fully saturated rings. The van der Waals surface area contributed by atoms with Crippen molar-refractivity contribution in [2.45, 2.75) is 33.3 Å². The topological polar surface area (TPSA) is 63.6 Å². The van der Waals surface area contributed by atoms with Crippen LogP contribution >= 0.6 is 11.3 Å². The van der Waals surface area contributed by atoms with Gasteiger partial charge in [-0.2, -0.15) is 5.10 Å². The predicted molar refractivity (Wildman–Crippen MR) is 89.6 cm³/mol. The van der Waals surface area contributed by atoms with E-state index in [4.69, 9.17) is 4.74 Å². The van der Waals surface area contributed by atoms with Crippen LogP contribution in [0.3, 0.4) is 0 Å². The molecule has 0 radical (unpaired) electrons. The Morgan fingerprint density at radius 1 is 1.33 bits per heavy atom. The first-order chi connectivity index (χ1) is 11.2. The Hall–Kier alpha value is -2.35. The molecule has 24 heavy (non-hydrogen) atoms. The maximum atomic E-state index is 14.1. The summed E-state index contributed by atoms with van der Waals surface area (Å²) in [5.74, 6) is -2.60. The molecule has 0 amide bonds. The number of thiazole rings is 1. The summed E-state index contributed by atoms with van der Waals surface area (Å²) >= 11 is 1.32. The van der Waals surface area contributed by atoms with E-state index in [9.17, 15) is 13.6 Å². The summed E-state index contributed by atoms with van der Waals surface area (Å²) in [5, 5.41) is 6.08. The molecular formula is C16H17F2N3O2S. The van der Waals surface area contributed by atoms with Gasteiger partial charge in [0.05, 0.1) is 23.0 Å². The van der Waals surface area contributed by atoms with Crippen LogP contribution in [0.15, 0.2) is 22.6 Å². The van der Waals surface area contributed by atoms with Crippen molar-refractivity contribution in [3.05, 3.63) is 46.0 Å². The van der Waals surface area contributed by atoms with E-state index in [0.717, 1.165) is 24.0 Å². The molecule has 1 heterocycles. The fourth-order valence-electron chi connectivity index (χ4n) is 1.72. The molecule has 0 bridgehead atoms. The molecule has 0 aliphatic heterocycles. The average Bonchev–Trinajstić information content (AvgIpc) is 2.85. The first-order valence-corrected chi connectivity index (χ1v) is 7.97.